The molecule has 3 rings (SSSR count). The van der Waals surface area contributed by atoms with Crippen molar-refractivity contribution in [1.82, 2.24) is 5.32 Å². The fourth-order valence-electron chi connectivity index (χ4n) is 3.26. The summed E-state index contributed by atoms with van der Waals surface area (Å²) in [5.74, 6) is 1.69. The Morgan fingerprint density at radius 2 is 1.86 bits per heavy atom. The van der Waals surface area contributed by atoms with Gasteiger partial charge in [-0.25, -0.2) is 8.42 Å². The normalized spacial score (nSPS) is 11.2. The van der Waals surface area contributed by atoms with Crippen LogP contribution in [-0.2, 0) is 20.4 Å². The van der Waals surface area contributed by atoms with Crippen molar-refractivity contribution in [2.24, 2.45) is 0 Å². The second-order valence-corrected chi connectivity index (χ2v) is 12.5. The molecule has 1 amide bonds. The maximum absolute atomic E-state index is 13.4. The summed E-state index contributed by atoms with van der Waals surface area (Å²) in [7, 11) is -2.34. The van der Waals surface area contributed by atoms with E-state index in [2.05, 4.69) is 26.6 Å². The summed E-state index contributed by atoms with van der Waals surface area (Å²) in [6, 6.07) is 15.0. The highest BCUT2D eigenvalue weighted by molar-refractivity contribution is 9.10. The lowest BCUT2D eigenvalue weighted by Crippen LogP contribution is -2.31. The first-order valence-electron chi connectivity index (χ1n) is 10.8. The number of anilines is 1. The second-order valence-electron chi connectivity index (χ2n) is 7.79. The SMILES string of the molecule is COc1ccc(S(=O)(=O)c2cc(C)ccc2NCC(=O)NCCSCc2ccc(Cl)cc2Cl)cc1Br. The lowest BCUT2D eigenvalue weighted by atomic mass is 10.2. The molecule has 3 aromatic rings. The maximum atomic E-state index is 13.4. The van der Waals surface area contributed by atoms with Gasteiger partial charge in [-0.15, -0.1) is 0 Å². The monoisotopic (exact) mass is 630 g/mol. The molecule has 0 aliphatic heterocycles. The van der Waals surface area contributed by atoms with E-state index in [-0.39, 0.29) is 22.2 Å². The molecule has 0 saturated carbocycles. The topological polar surface area (TPSA) is 84.5 Å². The average Bonchev–Trinajstić information content (AvgIpc) is 2.84. The lowest BCUT2D eigenvalue weighted by Gasteiger charge is -2.14. The molecule has 0 spiro atoms. The number of nitrogens with one attached hydrogen (secondary N) is 2. The quantitative estimate of drug-likeness (QED) is 0.239. The first kappa shape index (κ1) is 28.7. The van der Waals surface area contributed by atoms with Crippen molar-refractivity contribution in [2.75, 3.05) is 31.3 Å². The molecule has 0 aromatic heterocycles. The zero-order valence-corrected chi connectivity index (χ0v) is 24.3. The van der Waals surface area contributed by atoms with E-state index in [0.29, 0.717) is 44.0 Å². The zero-order valence-electron chi connectivity index (χ0n) is 19.6. The Morgan fingerprint density at radius 3 is 2.56 bits per heavy atom. The predicted molar refractivity (Wildman–Crippen MR) is 151 cm³/mol. The number of carbonyl (C=O) groups excluding carboxylic acids is 1. The van der Waals surface area contributed by atoms with E-state index in [1.54, 1.807) is 48.2 Å². The Labute approximate surface area is 234 Å². The number of hydrogen-bond acceptors (Lipinski definition) is 6. The fraction of sp³-hybridized carbons (Fsp3) is 0.240. The zero-order chi connectivity index (χ0) is 26.3. The van der Waals surface area contributed by atoms with E-state index in [9.17, 15) is 13.2 Å². The summed E-state index contributed by atoms with van der Waals surface area (Å²) in [6.45, 7) is 2.22. The molecule has 0 saturated heterocycles. The van der Waals surface area contributed by atoms with E-state index in [4.69, 9.17) is 27.9 Å². The molecule has 0 bridgehead atoms. The number of ether oxygens (including phenoxy) is 1. The van der Waals surface area contributed by atoms with E-state index in [1.807, 2.05) is 13.0 Å². The smallest absolute Gasteiger partial charge is 0.239 e. The van der Waals surface area contributed by atoms with Gasteiger partial charge in [-0.1, -0.05) is 35.3 Å². The predicted octanol–water partition coefficient (Wildman–Crippen LogP) is 6.37. The van der Waals surface area contributed by atoms with Crippen LogP contribution in [0.25, 0.3) is 0 Å². The van der Waals surface area contributed by atoms with Crippen LogP contribution in [0.4, 0.5) is 5.69 Å². The molecule has 0 heterocycles. The van der Waals surface area contributed by atoms with Crippen LogP contribution in [0, 0.1) is 6.92 Å². The van der Waals surface area contributed by atoms with Gasteiger partial charge in [0, 0.05) is 28.1 Å². The lowest BCUT2D eigenvalue weighted by molar-refractivity contribution is -0.119. The molecule has 0 fully saturated rings. The van der Waals surface area contributed by atoms with Gasteiger partial charge in [0.2, 0.25) is 15.7 Å². The number of thioether (sulfide) groups is 1. The van der Waals surface area contributed by atoms with E-state index in [1.165, 1.54) is 19.2 Å². The number of aryl methyl sites for hydroxylation is 1. The van der Waals surface area contributed by atoms with Gasteiger partial charge >= 0.3 is 0 Å². The van der Waals surface area contributed by atoms with E-state index < -0.39 is 9.84 Å². The molecular formula is C25H25BrCl2N2O4S2. The molecular weight excluding hydrogens is 607 g/mol. The highest BCUT2D eigenvalue weighted by Gasteiger charge is 2.23. The molecule has 36 heavy (non-hydrogen) atoms. The van der Waals surface area contributed by atoms with Crippen molar-refractivity contribution in [3.8, 4) is 5.75 Å². The molecule has 3 aromatic carbocycles. The summed E-state index contributed by atoms with van der Waals surface area (Å²) in [6.07, 6.45) is 0. The average molecular weight is 632 g/mol. The number of methoxy groups -OCH3 is 1. The Hall–Kier alpha value is -1.91. The van der Waals surface area contributed by atoms with E-state index >= 15 is 0 Å². The largest absolute Gasteiger partial charge is 0.496 e. The van der Waals surface area contributed by atoms with Gasteiger partial charge in [0.25, 0.3) is 0 Å². The molecule has 0 radical (unpaired) electrons. The van der Waals surface area contributed by atoms with Crippen molar-refractivity contribution >= 4 is 72.3 Å². The summed E-state index contributed by atoms with van der Waals surface area (Å²) in [4.78, 5) is 12.6. The van der Waals surface area contributed by atoms with Gasteiger partial charge < -0.3 is 15.4 Å². The Kier molecular flexibility index (Phi) is 10.4. The van der Waals surface area contributed by atoms with E-state index in [0.717, 1.165) is 11.1 Å². The first-order chi connectivity index (χ1) is 17.1. The third kappa shape index (κ3) is 7.55. The Bertz CT molecular complexity index is 1350. The molecule has 11 heteroatoms. The third-order valence-corrected chi connectivity index (χ3v) is 9.15. The minimum atomic E-state index is -3.85. The van der Waals surface area contributed by atoms with Gasteiger partial charge in [-0.05, 0) is 76.4 Å². The van der Waals surface area contributed by atoms with Crippen LogP contribution in [0.1, 0.15) is 11.1 Å². The maximum Gasteiger partial charge on any atom is 0.239 e. The number of carbonyl (C=O) groups is 1. The van der Waals surface area contributed by atoms with Crippen LogP contribution in [0.15, 0.2) is 68.9 Å². The molecule has 2 N–H and O–H groups in total. The molecule has 0 aliphatic carbocycles. The Morgan fingerprint density at radius 1 is 1.08 bits per heavy atom. The summed E-state index contributed by atoms with van der Waals surface area (Å²) in [5, 5.41) is 7.02. The summed E-state index contributed by atoms with van der Waals surface area (Å²) < 4.78 is 32.5. The Balaban J connectivity index is 1.58. The minimum absolute atomic E-state index is 0.0639. The minimum Gasteiger partial charge on any atom is -0.496 e. The van der Waals surface area contributed by atoms with Gasteiger partial charge in [0.05, 0.1) is 33.6 Å². The van der Waals surface area contributed by atoms with Gasteiger partial charge in [-0.3, -0.25) is 4.79 Å². The molecule has 6 nitrogen and oxygen atoms in total. The number of benzene rings is 3. The van der Waals surface area contributed by atoms with Crippen LogP contribution in [0.2, 0.25) is 10.0 Å². The highest BCUT2D eigenvalue weighted by Crippen LogP contribution is 2.33. The molecule has 192 valence electrons. The number of amides is 1. The number of halogens is 3. The summed E-state index contributed by atoms with van der Waals surface area (Å²) in [5.41, 5.74) is 2.12. The van der Waals surface area contributed by atoms with Crippen molar-refractivity contribution in [1.29, 1.82) is 0 Å². The van der Waals surface area contributed by atoms with Gasteiger partial charge in [0.1, 0.15) is 5.75 Å². The highest BCUT2D eigenvalue weighted by atomic mass is 79.9. The third-order valence-electron chi connectivity index (χ3n) is 5.14. The number of hydrogen-bond donors (Lipinski definition) is 2. The van der Waals surface area contributed by atoms with Crippen LogP contribution >= 0.6 is 50.9 Å². The van der Waals surface area contributed by atoms with Crippen LogP contribution in [0.5, 0.6) is 5.75 Å². The van der Waals surface area contributed by atoms with Crippen molar-refractivity contribution in [3.05, 3.63) is 80.2 Å². The van der Waals surface area contributed by atoms with Crippen molar-refractivity contribution in [2.45, 2.75) is 22.5 Å². The standard InChI is InChI=1S/C25H25BrCl2N2O4S2/c1-16-3-7-22(24(11-16)36(32,33)19-6-8-23(34-2)20(26)13-19)30-14-25(31)29-9-10-35-15-17-4-5-18(27)12-21(17)28/h3-8,11-13,30H,9-10,14-15H2,1-2H3,(H,29,31). The fourth-order valence-corrected chi connectivity index (χ4v) is 6.91. The first-order valence-corrected chi connectivity index (χ1v) is 15.0. The molecule has 0 aliphatic rings. The van der Waals surface area contributed by atoms with Gasteiger partial charge in [-0.2, -0.15) is 11.8 Å². The van der Waals surface area contributed by atoms with Crippen molar-refractivity contribution < 1.29 is 17.9 Å². The van der Waals surface area contributed by atoms with Crippen molar-refractivity contribution in [3.63, 3.8) is 0 Å². The van der Waals surface area contributed by atoms with Crippen LogP contribution in [0.3, 0.4) is 0 Å². The molecule has 0 unspecified atom stereocenters. The van der Waals surface area contributed by atoms with Gasteiger partial charge in [0.15, 0.2) is 0 Å². The summed E-state index contributed by atoms with van der Waals surface area (Å²) >= 11 is 17.1. The second kappa shape index (κ2) is 13.1. The number of sulfone groups is 1. The van der Waals surface area contributed by atoms with Crippen LogP contribution in [-0.4, -0.2) is 40.3 Å². The number of rotatable bonds is 11. The van der Waals surface area contributed by atoms with Crippen LogP contribution < -0.4 is 15.4 Å². The molecule has 0 atom stereocenters.